The van der Waals surface area contributed by atoms with E-state index in [1.807, 2.05) is 0 Å². The van der Waals surface area contributed by atoms with Crippen LogP contribution in [0.2, 0.25) is 0 Å². The SMILES string of the molecule is NC1CCN(C2(N)C=NN=N2)CC1. The molecule has 0 bridgehead atoms. The maximum absolute atomic E-state index is 5.95. The van der Waals surface area contributed by atoms with Crippen LogP contribution in [0.1, 0.15) is 12.8 Å². The van der Waals surface area contributed by atoms with Crippen LogP contribution in [0.4, 0.5) is 0 Å². The summed E-state index contributed by atoms with van der Waals surface area (Å²) in [5, 5.41) is 11.1. The maximum Gasteiger partial charge on any atom is 0.225 e. The molecule has 0 saturated carbocycles. The lowest BCUT2D eigenvalue weighted by atomic mass is 10.1. The average Bonchev–Trinajstić information content (AvgIpc) is 2.54. The van der Waals surface area contributed by atoms with Gasteiger partial charge in [0.15, 0.2) is 0 Å². The zero-order valence-corrected chi connectivity index (χ0v) is 7.43. The van der Waals surface area contributed by atoms with E-state index in [-0.39, 0.29) is 0 Å². The summed E-state index contributed by atoms with van der Waals surface area (Å²) in [4.78, 5) is 2.05. The Kier molecular flexibility index (Phi) is 2.10. The summed E-state index contributed by atoms with van der Waals surface area (Å²) in [7, 11) is 0. The highest BCUT2D eigenvalue weighted by Crippen LogP contribution is 2.19. The molecule has 0 aliphatic carbocycles. The lowest BCUT2D eigenvalue weighted by Crippen LogP contribution is -2.58. The van der Waals surface area contributed by atoms with Gasteiger partial charge in [0.2, 0.25) is 5.79 Å². The molecule has 2 aliphatic heterocycles. The van der Waals surface area contributed by atoms with E-state index < -0.39 is 5.79 Å². The standard InChI is InChI=1S/C7H14N6/c8-6-1-3-13(4-2-6)7(9)5-10-12-11-7/h5-6H,1-4,8-9H2. The van der Waals surface area contributed by atoms with E-state index in [0.29, 0.717) is 6.04 Å². The molecule has 2 aliphatic rings. The normalized spacial score (nSPS) is 35.8. The van der Waals surface area contributed by atoms with Crippen molar-refractivity contribution in [3.8, 4) is 0 Å². The second-order valence-corrected chi connectivity index (χ2v) is 3.54. The average molecular weight is 182 g/mol. The second-order valence-electron chi connectivity index (χ2n) is 3.54. The Labute approximate surface area is 76.7 Å². The Morgan fingerprint density at radius 1 is 1.38 bits per heavy atom. The smallest absolute Gasteiger partial charge is 0.225 e. The van der Waals surface area contributed by atoms with Crippen LogP contribution in [0.15, 0.2) is 15.4 Å². The van der Waals surface area contributed by atoms with Crippen LogP contribution in [0, 0.1) is 0 Å². The van der Waals surface area contributed by atoms with E-state index in [4.69, 9.17) is 11.5 Å². The first-order valence-electron chi connectivity index (χ1n) is 4.47. The van der Waals surface area contributed by atoms with Gasteiger partial charge in [-0.15, -0.1) is 10.2 Å². The molecule has 0 aromatic heterocycles. The molecule has 0 aromatic carbocycles. The van der Waals surface area contributed by atoms with Crippen molar-refractivity contribution in [3.05, 3.63) is 0 Å². The van der Waals surface area contributed by atoms with Gasteiger partial charge in [0.05, 0.1) is 6.21 Å². The molecular weight excluding hydrogens is 168 g/mol. The van der Waals surface area contributed by atoms with E-state index >= 15 is 0 Å². The Balaban J connectivity index is 2.01. The lowest BCUT2D eigenvalue weighted by Gasteiger charge is -2.36. The molecule has 1 atom stereocenters. The van der Waals surface area contributed by atoms with Crippen LogP contribution in [0.3, 0.4) is 0 Å². The fourth-order valence-electron chi connectivity index (χ4n) is 1.64. The molecule has 1 saturated heterocycles. The molecule has 6 nitrogen and oxygen atoms in total. The number of hydrogen-bond acceptors (Lipinski definition) is 6. The summed E-state index contributed by atoms with van der Waals surface area (Å²) in [6.07, 6.45) is 3.49. The number of likely N-dealkylation sites (tertiary alicyclic amines) is 1. The first-order valence-corrected chi connectivity index (χ1v) is 4.47. The Morgan fingerprint density at radius 3 is 2.62 bits per heavy atom. The van der Waals surface area contributed by atoms with Crippen molar-refractivity contribution < 1.29 is 0 Å². The van der Waals surface area contributed by atoms with Gasteiger partial charge in [0, 0.05) is 19.1 Å². The molecule has 0 amide bonds. The summed E-state index contributed by atoms with van der Waals surface area (Å²) in [6, 6.07) is 0.301. The third-order valence-corrected chi connectivity index (χ3v) is 2.55. The highest BCUT2D eigenvalue weighted by atomic mass is 15.5. The van der Waals surface area contributed by atoms with Gasteiger partial charge in [-0.1, -0.05) is 0 Å². The van der Waals surface area contributed by atoms with E-state index in [1.165, 1.54) is 0 Å². The van der Waals surface area contributed by atoms with E-state index in [1.54, 1.807) is 6.21 Å². The van der Waals surface area contributed by atoms with Crippen molar-refractivity contribution in [3.63, 3.8) is 0 Å². The van der Waals surface area contributed by atoms with Gasteiger partial charge in [0.25, 0.3) is 0 Å². The minimum absolute atomic E-state index is 0.301. The monoisotopic (exact) mass is 182 g/mol. The predicted octanol–water partition coefficient (Wildman–Crippen LogP) is -0.526. The molecule has 1 fully saturated rings. The van der Waals surface area contributed by atoms with Crippen molar-refractivity contribution >= 4 is 6.21 Å². The molecule has 4 N–H and O–H groups in total. The number of piperidine rings is 1. The molecule has 6 heteroatoms. The first kappa shape index (κ1) is 8.74. The molecule has 0 radical (unpaired) electrons. The van der Waals surface area contributed by atoms with Crippen molar-refractivity contribution in [2.75, 3.05) is 13.1 Å². The van der Waals surface area contributed by atoms with Crippen LogP contribution < -0.4 is 11.5 Å². The summed E-state index contributed by atoms with van der Waals surface area (Å²) in [6.45, 7) is 1.73. The first-order chi connectivity index (χ1) is 6.21. The number of nitrogens with zero attached hydrogens (tertiary/aromatic N) is 4. The van der Waals surface area contributed by atoms with Crippen LogP contribution in [-0.2, 0) is 0 Å². The van der Waals surface area contributed by atoms with Crippen molar-refractivity contribution in [2.24, 2.45) is 26.9 Å². The van der Waals surface area contributed by atoms with Crippen molar-refractivity contribution in [1.82, 2.24) is 4.90 Å². The number of rotatable bonds is 1. The van der Waals surface area contributed by atoms with Gasteiger partial charge in [-0.3, -0.25) is 10.6 Å². The molecular formula is C7H14N6. The Morgan fingerprint density at radius 2 is 2.08 bits per heavy atom. The molecule has 13 heavy (non-hydrogen) atoms. The van der Waals surface area contributed by atoms with Crippen molar-refractivity contribution in [2.45, 2.75) is 24.7 Å². The predicted molar refractivity (Wildman–Crippen MR) is 49.0 cm³/mol. The van der Waals surface area contributed by atoms with E-state index in [2.05, 4.69) is 20.3 Å². The molecule has 2 heterocycles. The number of nitrogens with two attached hydrogens (primary N) is 2. The van der Waals surface area contributed by atoms with Crippen molar-refractivity contribution in [1.29, 1.82) is 0 Å². The molecule has 0 aromatic rings. The molecule has 1 unspecified atom stereocenters. The summed E-state index contributed by atoms with van der Waals surface area (Å²) in [5.41, 5.74) is 11.7. The Bertz CT molecular complexity index is 227. The summed E-state index contributed by atoms with van der Waals surface area (Å²) >= 11 is 0. The van der Waals surface area contributed by atoms with E-state index in [0.717, 1.165) is 25.9 Å². The minimum Gasteiger partial charge on any atom is -0.328 e. The lowest BCUT2D eigenvalue weighted by molar-refractivity contribution is 0.123. The fourth-order valence-corrected chi connectivity index (χ4v) is 1.64. The van der Waals surface area contributed by atoms with Gasteiger partial charge in [-0.25, -0.2) is 0 Å². The third-order valence-electron chi connectivity index (χ3n) is 2.55. The van der Waals surface area contributed by atoms with Gasteiger partial charge in [-0.2, -0.15) is 0 Å². The summed E-state index contributed by atoms with van der Waals surface area (Å²) in [5.74, 6) is -0.805. The van der Waals surface area contributed by atoms with Gasteiger partial charge >= 0.3 is 0 Å². The van der Waals surface area contributed by atoms with Gasteiger partial charge in [0.1, 0.15) is 0 Å². The molecule has 72 valence electrons. The van der Waals surface area contributed by atoms with Crippen LogP contribution in [0.25, 0.3) is 0 Å². The van der Waals surface area contributed by atoms with E-state index in [9.17, 15) is 0 Å². The fraction of sp³-hybridized carbons (Fsp3) is 0.857. The van der Waals surface area contributed by atoms with Crippen LogP contribution in [0.5, 0.6) is 0 Å². The number of hydrogen-bond donors (Lipinski definition) is 2. The second kappa shape index (κ2) is 3.13. The quantitative estimate of drug-likeness (QED) is 0.571. The highest BCUT2D eigenvalue weighted by molar-refractivity contribution is 5.69. The minimum atomic E-state index is -0.805. The zero-order chi connectivity index (χ0) is 9.31. The van der Waals surface area contributed by atoms with Crippen LogP contribution in [-0.4, -0.2) is 36.0 Å². The van der Waals surface area contributed by atoms with Crippen LogP contribution >= 0.6 is 0 Å². The Hall–Kier alpha value is -0.850. The largest absolute Gasteiger partial charge is 0.328 e. The zero-order valence-electron chi connectivity index (χ0n) is 7.43. The van der Waals surface area contributed by atoms with Gasteiger partial charge in [-0.05, 0) is 18.1 Å². The summed E-state index contributed by atoms with van der Waals surface area (Å²) < 4.78 is 0. The van der Waals surface area contributed by atoms with Gasteiger partial charge < -0.3 is 5.73 Å². The molecule has 0 spiro atoms. The third kappa shape index (κ3) is 1.60. The topological polar surface area (TPSA) is 92.4 Å². The maximum atomic E-state index is 5.95. The highest BCUT2D eigenvalue weighted by Gasteiger charge is 2.35. The molecule has 2 rings (SSSR count).